The fraction of sp³-hybridized carbons (Fsp3) is 0.714. The summed E-state index contributed by atoms with van der Waals surface area (Å²) in [5.74, 6) is 0.713. The average molecular weight is 283 g/mol. The molecule has 1 aromatic heterocycles. The number of aromatic nitrogens is 2. The molecule has 0 bridgehead atoms. The predicted molar refractivity (Wildman–Crippen MR) is 80.9 cm³/mol. The van der Waals surface area contributed by atoms with Crippen molar-refractivity contribution in [3.8, 4) is 0 Å². The van der Waals surface area contributed by atoms with E-state index in [1.54, 1.807) is 7.05 Å². The molecule has 0 aliphatic heterocycles. The summed E-state index contributed by atoms with van der Waals surface area (Å²) < 4.78 is 14.0. The van der Waals surface area contributed by atoms with Gasteiger partial charge in [0.1, 0.15) is 0 Å². The van der Waals surface area contributed by atoms with Gasteiger partial charge in [0.2, 0.25) is 0 Å². The highest BCUT2D eigenvalue weighted by molar-refractivity contribution is 5.79. The van der Waals surface area contributed by atoms with Gasteiger partial charge in [0.25, 0.3) is 0 Å². The third kappa shape index (κ3) is 4.51. The number of hydrogen-bond donors (Lipinski definition) is 2. The van der Waals surface area contributed by atoms with Crippen LogP contribution in [0.25, 0.3) is 0 Å². The number of nitrogens with zero attached hydrogens (tertiary/aromatic N) is 3. The lowest BCUT2D eigenvalue weighted by Gasteiger charge is -2.18. The van der Waals surface area contributed by atoms with E-state index in [0.717, 1.165) is 12.1 Å². The molecule has 0 radical (unpaired) electrons. The van der Waals surface area contributed by atoms with Crippen LogP contribution in [0.15, 0.2) is 4.99 Å². The molecule has 0 amide bonds. The maximum atomic E-state index is 12.1. The molecule has 0 aromatic carbocycles. The summed E-state index contributed by atoms with van der Waals surface area (Å²) in [7, 11) is 3.68. The molecule has 1 heterocycles. The largest absolute Gasteiger partial charge is 0.356 e. The van der Waals surface area contributed by atoms with E-state index in [9.17, 15) is 4.39 Å². The van der Waals surface area contributed by atoms with Crippen molar-refractivity contribution in [2.45, 2.75) is 39.7 Å². The van der Waals surface area contributed by atoms with Crippen molar-refractivity contribution in [3.63, 3.8) is 0 Å². The Morgan fingerprint density at radius 2 is 2.15 bits per heavy atom. The minimum Gasteiger partial charge on any atom is -0.356 e. The summed E-state index contributed by atoms with van der Waals surface area (Å²) in [6.45, 7) is 6.50. The lowest BCUT2D eigenvalue weighted by atomic mass is 10.1. The molecule has 1 unspecified atom stereocenters. The molecule has 114 valence electrons. The van der Waals surface area contributed by atoms with Crippen molar-refractivity contribution in [2.75, 3.05) is 20.3 Å². The van der Waals surface area contributed by atoms with E-state index < -0.39 is 0 Å². The summed E-state index contributed by atoms with van der Waals surface area (Å²) in [5.41, 5.74) is 3.53. The van der Waals surface area contributed by atoms with Crippen molar-refractivity contribution < 1.29 is 4.39 Å². The third-order valence-corrected chi connectivity index (χ3v) is 3.38. The molecular weight excluding hydrogens is 257 g/mol. The molecule has 1 aromatic rings. The maximum absolute atomic E-state index is 12.1. The monoisotopic (exact) mass is 283 g/mol. The molecule has 1 rings (SSSR count). The highest BCUT2D eigenvalue weighted by Crippen LogP contribution is 2.13. The predicted octanol–water partition coefficient (Wildman–Crippen LogP) is 1.49. The van der Waals surface area contributed by atoms with Gasteiger partial charge in [-0.3, -0.25) is 14.1 Å². The van der Waals surface area contributed by atoms with Crippen LogP contribution < -0.4 is 10.6 Å². The Kier molecular flexibility index (Phi) is 6.48. The zero-order valence-corrected chi connectivity index (χ0v) is 13.1. The normalized spacial score (nSPS) is 13.4. The van der Waals surface area contributed by atoms with E-state index >= 15 is 0 Å². The van der Waals surface area contributed by atoms with Gasteiger partial charge in [-0.1, -0.05) is 0 Å². The number of nitrogens with one attached hydrogen (secondary N) is 2. The van der Waals surface area contributed by atoms with Gasteiger partial charge in [0.15, 0.2) is 5.96 Å². The van der Waals surface area contributed by atoms with Gasteiger partial charge in [0.05, 0.1) is 12.4 Å². The summed E-state index contributed by atoms with van der Waals surface area (Å²) in [6.07, 6.45) is 1.38. The molecule has 5 nitrogen and oxygen atoms in total. The number of alkyl halides is 1. The number of aliphatic imine (C=N–C) groups is 1. The first-order chi connectivity index (χ1) is 9.49. The molecule has 0 fully saturated rings. The second kappa shape index (κ2) is 7.87. The van der Waals surface area contributed by atoms with Crippen LogP contribution in [-0.2, 0) is 13.5 Å². The first-order valence-corrected chi connectivity index (χ1v) is 7.01. The number of guanidine groups is 1. The maximum Gasteiger partial charge on any atom is 0.191 e. The molecule has 2 N–H and O–H groups in total. The van der Waals surface area contributed by atoms with Crippen LogP contribution in [-0.4, -0.2) is 42.0 Å². The first kappa shape index (κ1) is 16.5. The van der Waals surface area contributed by atoms with Crippen LogP contribution >= 0.6 is 0 Å². The van der Waals surface area contributed by atoms with Gasteiger partial charge in [-0.2, -0.15) is 5.10 Å². The zero-order valence-electron chi connectivity index (χ0n) is 13.1. The van der Waals surface area contributed by atoms with Crippen LogP contribution in [0.3, 0.4) is 0 Å². The van der Waals surface area contributed by atoms with Crippen LogP contribution in [0.2, 0.25) is 0 Å². The number of aryl methyl sites for hydroxylation is 2. The molecule has 0 aliphatic rings. The van der Waals surface area contributed by atoms with E-state index in [2.05, 4.69) is 34.6 Å². The van der Waals surface area contributed by atoms with Crippen LogP contribution in [0.4, 0.5) is 4.39 Å². The molecule has 20 heavy (non-hydrogen) atoms. The Hall–Kier alpha value is -1.59. The fourth-order valence-electron chi connectivity index (χ4n) is 2.17. The Labute approximate surface area is 120 Å². The SMILES string of the molecule is CN=C(NCCCF)NC(C)Cc1c(C)nn(C)c1C. The molecule has 0 aliphatic carbocycles. The summed E-state index contributed by atoms with van der Waals surface area (Å²) in [5, 5.41) is 10.8. The van der Waals surface area contributed by atoms with E-state index in [4.69, 9.17) is 0 Å². The van der Waals surface area contributed by atoms with Gasteiger partial charge < -0.3 is 10.6 Å². The van der Waals surface area contributed by atoms with Gasteiger partial charge >= 0.3 is 0 Å². The van der Waals surface area contributed by atoms with Crippen molar-refractivity contribution in [1.29, 1.82) is 0 Å². The van der Waals surface area contributed by atoms with Crippen molar-refractivity contribution in [3.05, 3.63) is 17.0 Å². The summed E-state index contributed by atoms with van der Waals surface area (Å²) in [6, 6.07) is 0.230. The number of halogens is 1. The van der Waals surface area contributed by atoms with Gasteiger partial charge in [0, 0.05) is 32.4 Å². The second-order valence-electron chi connectivity index (χ2n) is 5.06. The standard InChI is InChI=1S/C14H26FN5/c1-10(18-14(16-4)17-8-6-7-15)9-13-11(2)19-20(5)12(13)3/h10H,6-9H2,1-5H3,(H2,16,17,18). The van der Waals surface area contributed by atoms with E-state index in [1.807, 2.05) is 18.7 Å². The molecule has 1 atom stereocenters. The highest BCUT2D eigenvalue weighted by Gasteiger charge is 2.13. The lowest BCUT2D eigenvalue weighted by Crippen LogP contribution is -2.43. The van der Waals surface area contributed by atoms with E-state index in [0.29, 0.717) is 18.9 Å². The van der Waals surface area contributed by atoms with E-state index in [1.165, 1.54) is 11.3 Å². The first-order valence-electron chi connectivity index (χ1n) is 7.01. The minimum atomic E-state index is -0.312. The Morgan fingerprint density at radius 3 is 2.65 bits per heavy atom. The Balaban J connectivity index is 2.55. The zero-order chi connectivity index (χ0) is 15.1. The summed E-state index contributed by atoms with van der Waals surface area (Å²) in [4.78, 5) is 4.14. The molecule has 0 saturated carbocycles. The number of rotatable bonds is 6. The molecule has 0 saturated heterocycles. The fourth-order valence-corrected chi connectivity index (χ4v) is 2.17. The molecule has 0 spiro atoms. The Morgan fingerprint density at radius 1 is 1.45 bits per heavy atom. The van der Waals surface area contributed by atoms with Gasteiger partial charge in [-0.15, -0.1) is 0 Å². The third-order valence-electron chi connectivity index (χ3n) is 3.38. The minimum absolute atomic E-state index is 0.230. The highest BCUT2D eigenvalue weighted by atomic mass is 19.1. The van der Waals surface area contributed by atoms with Crippen LogP contribution in [0, 0.1) is 13.8 Å². The van der Waals surface area contributed by atoms with Crippen molar-refractivity contribution in [1.82, 2.24) is 20.4 Å². The Bertz CT molecular complexity index is 453. The molecular formula is C14H26FN5. The van der Waals surface area contributed by atoms with Crippen molar-refractivity contribution >= 4 is 5.96 Å². The smallest absolute Gasteiger partial charge is 0.191 e. The average Bonchev–Trinajstić information content (AvgIpc) is 2.64. The summed E-state index contributed by atoms with van der Waals surface area (Å²) >= 11 is 0. The van der Waals surface area contributed by atoms with Crippen LogP contribution in [0.5, 0.6) is 0 Å². The lowest BCUT2D eigenvalue weighted by molar-refractivity contribution is 0.470. The van der Waals surface area contributed by atoms with E-state index in [-0.39, 0.29) is 12.7 Å². The quantitative estimate of drug-likeness (QED) is 0.472. The topological polar surface area (TPSA) is 54.2 Å². The van der Waals surface area contributed by atoms with Gasteiger partial charge in [-0.05, 0) is 39.2 Å². The number of hydrogen-bond acceptors (Lipinski definition) is 2. The second-order valence-corrected chi connectivity index (χ2v) is 5.06. The van der Waals surface area contributed by atoms with Gasteiger partial charge in [-0.25, -0.2) is 0 Å². The molecule has 6 heteroatoms. The van der Waals surface area contributed by atoms with Crippen LogP contribution in [0.1, 0.15) is 30.3 Å². The van der Waals surface area contributed by atoms with Crippen molar-refractivity contribution in [2.24, 2.45) is 12.0 Å².